The number of fused-ring (bicyclic) bond motifs is 2. The van der Waals surface area contributed by atoms with Crippen molar-refractivity contribution in [3.05, 3.63) is 41.2 Å². The Morgan fingerprint density at radius 2 is 2.33 bits per heavy atom. The Hall–Kier alpha value is -1.44. The van der Waals surface area contributed by atoms with Crippen LogP contribution < -0.4 is 5.32 Å². The molecular formula is C17H21FN4OS. The molecule has 5 nitrogen and oxygen atoms in total. The molecule has 0 unspecified atom stereocenters. The molecule has 0 saturated heterocycles. The number of halogens is 1. The summed E-state index contributed by atoms with van der Waals surface area (Å²) in [6, 6.07) is 5.67. The third kappa shape index (κ3) is 3.20. The summed E-state index contributed by atoms with van der Waals surface area (Å²) in [4.78, 5) is 5.71. The molecule has 2 atom stereocenters. The molecule has 0 aliphatic carbocycles. The van der Waals surface area contributed by atoms with Crippen molar-refractivity contribution in [3.63, 3.8) is 0 Å². The fraction of sp³-hybridized carbons (Fsp3) is 0.529. The van der Waals surface area contributed by atoms with Crippen molar-refractivity contribution in [1.82, 2.24) is 20.1 Å². The lowest BCUT2D eigenvalue weighted by Gasteiger charge is -2.32. The number of methoxy groups -OCH3 is 1. The molecule has 2 aliphatic heterocycles. The number of aryl methyl sites for hydroxylation is 1. The van der Waals surface area contributed by atoms with Gasteiger partial charge in [-0.1, -0.05) is 0 Å². The van der Waals surface area contributed by atoms with Crippen LogP contribution in [0.2, 0.25) is 0 Å². The molecular weight excluding hydrogens is 327 g/mol. The number of nitrogens with one attached hydrogen (secondary N) is 1. The Bertz CT molecular complexity index is 735. The molecule has 128 valence electrons. The highest BCUT2D eigenvalue weighted by atomic mass is 32.2. The van der Waals surface area contributed by atoms with Crippen LogP contribution in [0.4, 0.5) is 4.39 Å². The van der Waals surface area contributed by atoms with Gasteiger partial charge in [-0.15, -0.1) is 11.8 Å². The van der Waals surface area contributed by atoms with Crippen LogP contribution >= 0.6 is 11.8 Å². The van der Waals surface area contributed by atoms with Crippen molar-refractivity contribution in [3.8, 4) is 0 Å². The summed E-state index contributed by atoms with van der Waals surface area (Å²) in [5.41, 5.74) is 1.09. The maximum Gasteiger partial charge on any atom is 0.176 e. The van der Waals surface area contributed by atoms with Crippen LogP contribution in [0.5, 0.6) is 0 Å². The summed E-state index contributed by atoms with van der Waals surface area (Å²) in [5, 5.41) is 8.24. The molecule has 0 spiro atoms. The minimum absolute atomic E-state index is 0.158. The van der Waals surface area contributed by atoms with Gasteiger partial charge in [-0.05, 0) is 42.4 Å². The van der Waals surface area contributed by atoms with Crippen LogP contribution in [0, 0.1) is 5.82 Å². The van der Waals surface area contributed by atoms with E-state index < -0.39 is 0 Å². The number of ether oxygens (including phenoxy) is 1. The third-order valence-electron chi connectivity index (χ3n) is 4.62. The van der Waals surface area contributed by atoms with E-state index in [9.17, 15) is 4.39 Å². The van der Waals surface area contributed by atoms with E-state index in [-0.39, 0.29) is 11.9 Å². The summed E-state index contributed by atoms with van der Waals surface area (Å²) >= 11 is 1.81. The minimum atomic E-state index is -0.158. The van der Waals surface area contributed by atoms with Gasteiger partial charge >= 0.3 is 0 Å². The van der Waals surface area contributed by atoms with E-state index in [0.29, 0.717) is 12.6 Å². The first-order valence-corrected chi connectivity index (χ1v) is 9.31. The summed E-state index contributed by atoms with van der Waals surface area (Å²) in [5.74, 6) is 2.69. The number of nitrogens with zero attached hydrogens (tertiary/aromatic N) is 3. The first-order chi connectivity index (χ1) is 11.7. The van der Waals surface area contributed by atoms with Crippen LogP contribution in [-0.4, -0.2) is 33.7 Å². The molecule has 24 heavy (non-hydrogen) atoms. The molecule has 2 aromatic rings. The first-order valence-electron chi connectivity index (χ1n) is 8.33. The predicted molar refractivity (Wildman–Crippen MR) is 90.5 cm³/mol. The van der Waals surface area contributed by atoms with Gasteiger partial charge in [0.05, 0.1) is 6.54 Å². The second-order valence-corrected chi connectivity index (χ2v) is 7.47. The van der Waals surface area contributed by atoms with Crippen molar-refractivity contribution >= 4 is 11.8 Å². The smallest absolute Gasteiger partial charge is 0.176 e. The Labute approximate surface area is 145 Å². The van der Waals surface area contributed by atoms with E-state index in [1.807, 2.05) is 22.5 Å². The maximum absolute atomic E-state index is 13.6. The number of thioether (sulfide) groups is 1. The van der Waals surface area contributed by atoms with Crippen LogP contribution in [-0.2, 0) is 24.3 Å². The highest BCUT2D eigenvalue weighted by Crippen LogP contribution is 2.37. The molecule has 0 bridgehead atoms. The zero-order chi connectivity index (χ0) is 16.5. The van der Waals surface area contributed by atoms with Gasteiger partial charge in [-0.25, -0.2) is 14.1 Å². The zero-order valence-corrected chi connectivity index (χ0v) is 14.5. The molecule has 1 aromatic carbocycles. The number of rotatable bonds is 4. The van der Waals surface area contributed by atoms with Gasteiger partial charge in [0, 0.05) is 30.5 Å². The summed E-state index contributed by atoms with van der Waals surface area (Å²) < 4.78 is 20.7. The van der Waals surface area contributed by atoms with Gasteiger partial charge in [-0.3, -0.25) is 0 Å². The monoisotopic (exact) mass is 348 g/mol. The minimum Gasteiger partial charge on any atom is -0.377 e. The lowest BCUT2D eigenvalue weighted by Crippen LogP contribution is -2.40. The lowest BCUT2D eigenvalue weighted by molar-refractivity contribution is 0.177. The van der Waals surface area contributed by atoms with Crippen LogP contribution in [0.1, 0.15) is 36.1 Å². The fourth-order valence-corrected chi connectivity index (χ4v) is 4.62. The Morgan fingerprint density at radius 3 is 3.21 bits per heavy atom. The van der Waals surface area contributed by atoms with Crippen molar-refractivity contribution < 1.29 is 9.13 Å². The van der Waals surface area contributed by atoms with Crippen molar-refractivity contribution in [2.24, 2.45) is 0 Å². The van der Waals surface area contributed by atoms with Crippen molar-refractivity contribution in [2.45, 2.75) is 49.4 Å². The van der Waals surface area contributed by atoms with Gasteiger partial charge < -0.3 is 10.1 Å². The molecule has 1 aromatic heterocycles. The first kappa shape index (κ1) is 16.1. The zero-order valence-electron chi connectivity index (χ0n) is 13.7. The van der Waals surface area contributed by atoms with Crippen molar-refractivity contribution in [1.29, 1.82) is 0 Å². The SMILES string of the molecule is COCc1nc2n(n1)C[C@@H](N[C@H]1CCSc3ccc(F)cc31)CC2. The Morgan fingerprint density at radius 1 is 1.42 bits per heavy atom. The fourth-order valence-electron chi connectivity index (χ4n) is 3.51. The number of hydrogen-bond acceptors (Lipinski definition) is 5. The molecule has 1 N–H and O–H groups in total. The highest BCUT2D eigenvalue weighted by Gasteiger charge is 2.27. The molecule has 0 radical (unpaired) electrons. The molecule has 3 heterocycles. The second-order valence-electron chi connectivity index (χ2n) is 6.33. The molecule has 7 heteroatoms. The molecule has 4 rings (SSSR count). The summed E-state index contributed by atoms with van der Waals surface area (Å²) in [6.07, 6.45) is 2.96. The third-order valence-corrected chi connectivity index (χ3v) is 5.75. The van der Waals surface area contributed by atoms with Crippen LogP contribution in [0.25, 0.3) is 0 Å². The van der Waals surface area contributed by atoms with Crippen LogP contribution in [0.15, 0.2) is 23.1 Å². The summed E-state index contributed by atoms with van der Waals surface area (Å²) in [6.45, 7) is 1.25. The standard InChI is InChI=1S/C17H21FN4OS/c1-23-10-16-20-17-5-3-12(9-22(17)21-16)19-14-6-7-24-15-4-2-11(18)8-13(14)15/h2,4,8,12,14,19H,3,5-7,9-10H2,1H3/t12-,14-/m0/s1. The van der Waals surface area contributed by atoms with E-state index >= 15 is 0 Å². The van der Waals surface area contributed by atoms with Crippen molar-refractivity contribution in [2.75, 3.05) is 12.9 Å². The topological polar surface area (TPSA) is 52.0 Å². The van der Waals surface area contributed by atoms with E-state index in [4.69, 9.17) is 4.74 Å². The van der Waals surface area contributed by atoms with Gasteiger partial charge in [0.25, 0.3) is 0 Å². The van der Waals surface area contributed by atoms with Gasteiger partial charge in [-0.2, -0.15) is 5.10 Å². The number of hydrogen-bond donors (Lipinski definition) is 1. The quantitative estimate of drug-likeness (QED) is 0.921. The van der Waals surface area contributed by atoms with Crippen LogP contribution in [0.3, 0.4) is 0 Å². The largest absolute Gasteiger partial charge is 0.377 e. The molecule has 0 amide bonds. The second kappa shape index (κ2) is 6.82. The van der Waals surface area contributed by atoms with Gasteiger partial charge in [0.15, 0.2) is 5.82 Å². The van der Waals surface area contributed by atoms with E-state index in [0.717, 1.165) is 48.8 Å². The molecule has 0 saturated carbocycles. The molecule has 2 aliphatic rings. The maximum atomic E-state index is 13.6. The highest BCUT2D eigenvalue weighted by molar-refractivity contribution is 7.99. The number of aromatic nitrogens is 3. The lowest BCUT2D eigenvalue weighted by atomic mass is 10.00. The summed E-state index contributed by atoms with van der Waals surface area (Å²) in [7, 11) is 1.65. The molecule has 0 fully saturated rings. The van der Waals surface area contributed by atoms with Gasteiger partial charge in [0.1, 0.15) is 18.2 Å². The Kier molecular flexibility index (Phi) is 4.56. The van der Waals surface area contributed by atoms with Gasteiger partial charge in [0.2, 0.25) is 0 Å². The van der Waals surface area contributed by atoms with E-state index in [2.05, 4.69) is 15.4 Å². The Balaban J connectivity index is 1.48. The number of benzene rings is 1. The van der Waals surface area contributed by atoms with E-state index in [1.54, 1.807) is 19.2 Å². The normalized spacial score (nSPS) is 22.9. The average Bonchev–Trinajstić information content (AvgIpc) is 2.97. The average molecular weight is 348 g/mol. The van der Waals surface area contributed by atoms with E-state index in [1.165, 1.54) is 4.90 Å². The predicted octanol–water partition coefficient (Wildman–Crippen LogP) is 2.71.